The number of carbonyl (C=O) groups excluding carboxylic acids is 1. The molecule has 1 heterocycles. The molecular weight excluding hydrogens is 363 g/mol. The van der Waals surface area contributed by atoms with Crippen LogP contribution in [0.25, 0.3) is 22.6 Å². The molecule has 4 rings (SSSR count). The molecule has 0 radical (unpaired) electrons. The Morgan fingerprint density at radius 2 is 1.74 bits per heavy atom. The predicted octanol–water partition coefficient (Wildman–Crippen LogP) is 5.36. The second-order valence-electron chi connectivity index (χ2n) is 5.83. The number of aromatic nitrogens is 1. The lowest BCUT2D eigenvalue weighted by molar-refractivity contribution is -0.113. The summed E-state index contributed by atoms with van der Waals surface area (Å²) in [5, 5.41) is 2.80. The van der Waals surface area contributed by atoms with Gasteiger partial charge in [-0.15, -0.1) is 11.8 Å². The van der Waals surface area contributed by atoms with Crippen molar-refractivity contribution < 1.29 is 13.6 Å². The largest absolute Gasteiger partial charge is 0.436 e. The number of oxazole rings is 1. The number of anilines is 1. The van der Waals surface area contributed by atoms with Gasteiger partial charge < -0.3 is 9.73 Å². The van der Waals surface area contributed by atoms with E-state index < -0.39 is 0 Å². The number of benzene rings is 3. The second kappa shape index (κ2) is 7.63. The average molecular weight is 378 g/mol. The van der Waals surface area contributed by atoms with E-state index in [1.807, 2.05) is 36.4 Å². The Kier molecular flexibility index (Phi) is 4.89. The van der Waals surface area contributed by atoms with E-state index in [1.165, 1.54) is 6.07 Å². The number of rotatable bonds is 5. The van der Waals surface area contributed by atoms with Gasteiger partial charge in [0.05, 0.1) is 5.75 Å². The van der Waals surface area contributed by atoms with E-state index in [4.69, 9.17) is 4.42 Å². The number of amides is 1. The van der Waals surface area contributed by atoms with E-state index in [9.17, 15) is 9.18 Å². The molecular formula is C21H15FN2O2S. The molecule has 3 aromatic carbocycles. The minimum atomic E-state index is -0.321. The molecule has 1 amide bonds. The van der Waals surface area contributed by atoms with Gasteiger partial charge in [0.15, 0.2) is 5.58 Å². The monoisotopic (exact) mass is 378 g/mol. The van der Waals surface area contributed by atoms with Gasteiger partial charge in [-0.25, -0.2) is 9.37 Å². The molecule has 1 N–H and O–H groups in total. The molecule has 1 aromatic heterocycles. The van der Waals surface area contributed by atoms with Crippen LogP contribution in [0.15, 0.2) is 82.1 Å². The van der Waals surface area contributed by atoms with Crippen molar-refractivity contribution >= 4 is 34.5 Å². The number of fused-ring (bicyclic) bond motifs is 1. The third-order valence-corrected chi connectivity index (χ3v) is 4.95. The first kappa shape index (κ1) is 17.3. The van der Waals surface area contributed by atoms with Crippen molar-refractivity contribution in [3.05, 3.63) is 78.6 Å². The van der Waals surface area contributed by atoms with Gasteiger partial charge in [-0.05, 0) is 48.5 Å². The van der Waals surface area contributed by atoms with Gasteiger partial charge in [0.1, 0.15) is 11.3 Å². The smallest absolute Gasteiger partial charge is 0.234 e. The molecule has 0 bridgehead atoms. The van der Waals surface area contributed by atoms with Crippen LogP contribution < -0.4 is 5.32 Å². The zero-order chi connectivity index (χ0) is 18.6. The first-order chi connectivity index (χ1) is 13.2. The van der Waals surface area contributed by atoms with E-state index in [2.05, 4.69) is 10.3 Å². The van der Waals surface area contributed by atoms with Crippen LogP contribution in [0, 0.1) is 5.82 Å². The average Bonchev–Trinajstić information content (AvgIpc) is 3.12. The molecule has 4 aromatic rings. The summed E-state index contributed by atoms with van der Waals surface area (Å²) in [4.78, 5) is 17.0. The summed E-state index contributed by atoms with van der Waals surface area (Å²) < 4.78 is 19.3. The van der Waals surface area contributed by atoms with Gasteiger partial charge in [0, 0.05) is 16.1 Å². The number of halogens is 1. The van der Waals surface area contributed by atoms with Crippen LogP contribution in [0.3, 0.4) is 0 Å². The van der Waals surface area contributed by atoms with E-state index in [0.717, 1.165) is 28.4 Å². The topological polar surface area (TPSA) is 55.1 Å². The summed E-state index contributed by atoms with van der Waals surface area (Å²) in [6.07, 6.45) is 0. The first-order valence-corrected chi connectivity index (χ1v) is 9.31. The minimum absolute atomic E-state index is 0.133. The van der Waals surface area contributed by atoms with Crippen LogP contribution in [0.2, 0.25) is 0 Å². The van der Waals surface area contributed by atoms with Gasteiger partial charge in [0.25, 0.3) is 0 Å². The van der Waals surface area contributed by atoms with Crippen LogP contribution in [0.4, 0.5) is 10.1 Å². The summed E-state index contributed by atoms with van der Waals surface area (Å²) in [6.45, 7) is 0. The molecule has 0 aliphatic rings. The lowest BCUT2D eigenvalue weighted by Gasteiger charge is -2.06. The zero-order valence-electron chi connectivity index (χ0n) is 14.2. The number of thioether (sulfide) groups is 1. The summed E-state index contributed by atoms with van der Waals surface area (Å²) in [6, 6.07) is 21.2. The summed E-state index contributed by atoms with van der Waals surface area (Å²) >= 11 is 1.16. The molecule has 0 aliphatic heterocycles. The molecule has 0 aliphatic carbocycles. The molecule has 0 saturated carbocycles. The Labute approximate surface area is 159 Å². The Morgan fingerprint density at radius 1 is 1.00 bits per heavy atom. The fraction of sp³-hybridized carbons (Fsp3) is 0.0476. The van der Waals surface area contributed by atoms with Crippen molar-refractivity contribution in [2.45, 2.75) is 4.90 Å². The van der Waals surface area contributed by atoms with Crippen LogP contribution in [-0.4, -0.2) is 16.6 Å². The predicted molar refractivity (Wildman–Crippen MR) is 105 cm³/mol. The standard InChI is InChI=1S/C21H15FN2O2S/c22-16-5-1-4-8-19(16)27-13-20(25)23-15-11-9-14(10-12-15)21-24-17-6-2-3-7-18(17)26-21/h1-12H,13H2,(H,23,25). The Balaban J connectivity index is 1.40. The van der Waals surface area contributed by atoms with Crippen molar-refractivity contribution in [2.75, 3.05) is 11.1 Å². The van der Waals surface area contributed by atoms with Gasteiger partial charge in [0.2, 0.25) is 11.8 Å². The Bertz CT molecular complexity index is 1060. The highest BCUT2D eigenvalue weighted by molar-refractivity contribution is 8.00. The van der Waals surface area contributed by atoms with Gasteiger partial charge >= 0.3 is 0 Å². The third-order valence-electron chi connectivity index (χ3n) is 3.90. The van der Waals surface area contributed by atoms with Crippen molar-refractivity contribution in [3.8, 4) is 11.5 Å². The van der Waals surface area contributed by atoms with Crippen molar-refractivity contribution in [1.29, 1.82) is 0 Å². The summed E-state index contributed by atoms with van der Waals surface area (Å²) in [5.74, 6) is 0.147. The number of nitrogens with one attached hydrogen (secondary N) is 1. The Hall–Kier alpha value is -3.12. The van der Waals surface area contributed by atoms with E-state index >= 15 is 0 Å². The molecule has 0 unspecified atom stereocenters. The number of para-hydroxylation sites is 2. The van der Waals surface area contributed by atoms with Crippen LogP contribution in [-0.2, 0) is 4.79 Å². The number of hydrogen-bond donors (Lipinski definition) is 1. The molecule has 0 saturated heterocycles. The van der Waals surface area contributed by atoms with Crippen LogP contribution >= 0.6 is 11.8 Å². The molecule has 0 atom stereocenters. The minimum Gasteiger partial charge on any atom is -0.436 e. The maximum atomic E-state index is 13.6. The van der Waals surface area contributed by atoms with Crippen molar-refractivity contribution in [3.63, 3.8) is 0 Å². The molecule has 134 valence electrons. The fourth-order valence-electron chi connectivity index (χ4n) is 2.59. The quantitative estimate of drug-likeness (QED) is 0.475. The van der Waals surface area contributed by atoms with Crippen molar-refractivity contribution in [1.82, 2.24) is 4.98 Å². The summed E-state index contributed by atoms with van der Waals surface area (Å²) in [5.41, 5.74) is 3.02. The maximum absolute atomic E-state index is 13.6. The summed E-state index contributed by atoms with van der Waals surface area (Å²) in [7, 11) is 0. The molecule has 27 heavy (non-hydrogen) atoms. The fourth-order valence-corrected chi connectivity index (χ4v) is 3.33. The van der Waals surface area contributed by atoms with Crippen molar-refractivity contribution in [2.24, 2.45) is 0 Å². The van der Waals surface area contributed by atoms with Gasteiger partial charge in [-0.2, -0.15) is 0 Å². The maximum Gasteiger partial charge on any atom is 0.234 e. The molecule has 4 nitrogen and oxygen atoms in total. The third kappa shape index (κ3) is 4.01. The number of nitrogens with zero attached hydrogens (tertiary/aromatic N) is 1. The van der Waals surface area contributed by atoms with E-state index in [-0.39, 0.29) is 17.5 Å². The zero-order valence-corrected chi connectivity index (χ0v) is 15.0. The highest BCUT2D eigenvalue weighted by atomic mass is 32.2. The lowest BCUT2D eigenvalue weighted by atomic mass is 10.2. The second-order valence-corrected chi connectivity index (χ2v) is 6.85. The molecule has 6 heteroatoms. The Morgan fingerprint density at radius 3 is 2.52 bits per heavy atom. The first-order valence-electron chi connectivity index (χ1n) is 8.32. The lowest BCUT2D eigenvalue weighted by Crippen LogP contribution is -2.14. The van der Waals surface area contributed by atoms with Gasteiger partial charge in [-0.3, -0.25) is 4.79 Å². The van der Waals surface area contributed by atoms with Gasteiger partial charge in [-0.1, -0.05) is 24.3 Å². The van der Waals surface area contributed by atoms with Crippen LogP contribution in [0.1, 0.15) is 0 Å². The highest BCUT2D eigenvalue weighted by Gasteiger charge is 2.09. The number of hydrogen-bond acceptors (Lipinski definition) is 4. The highest BCUT2D eigenvalue weighted by Crippen LogP contribution is 2.25. The normalized spacial score (nSPS) is 10.9. The number of carbonyl (C=O) groups is 1. The molecule has 0 fully saturated rings. The van der Waals surface area contributed by atoms with E-state index in [1.54, 1.807) is 30.3 Å². The van der Waals surface area contributed by atoms with E-state index in [0.29, 0.717) is 16.5 Å². The SMILES string of the molecule is O=C(CSc1ccccc1F)Nc1ccc(-c2nc3ccccc3o2)cc1. The van der Waals surface area contributed by atoms with Crippen LogP contribution in [0.5, 0.6) is 0 Å². The molecule has 0 spiro atoms.